The molecule has 1 heterocycles. The van der Waals surface area contributed by atoms with Gasteiger partial charge in [-0.3, -0.25) is 0 Å². The molecule has 0 radical (unpaired) electrons. The van der Waals surface area contributed by atoms with Gasteiger partial charge in [0.05, 0.1) is 4.83 Å². The molecular weight excluding hydrogens is 244 g/mol. The van der Waals surface area contributed by atoms with Crippen LogP contribution < -0.4 is 0 Å². The molecule has 1 rings (SSSR count). The van der Waals surface area contributed by atoms with E-state index in [1.54, 1.807) is 0 Å². The second-order valence-electron chi connectivity index (χ2n) is 4.39. The van der Waals surface area contributed by atoms with Gasteiger partial charge in [-0.05, 0) is 24.0 Å². The molecule has 0 saturated carbocycles. The summed E-state index contributed by atoms with van der Waals surface area (Å²) in [6.45, 7) is 8.99. The number of aryl methyl sites for hydroxylation is 1. The number of hydrogen-bond acceptors (Lipinski definition) is 1. The average Bonchev–Trinajstić information content (AvgIpc) is 2.48. The van der Waals surface area contributed by atoms with E-state index in [0.29, 0.717) is 10.2 Å². The lowest BCUT2D eigenvalue weighted by molar-refractivity contribution is 0.411. The van der Waals surface area contributed by atoms with Crippen LogP contribution in [0.4, 0.5) is 0 Å². The van der Waals surface area contributed by atoms with Gasteiger partial charge in [0.2, 0.25) is 0 Å². The van der Waals surface area contributed by atoms with Crippen LogP contribution in [0.25, 0.3) is 0 Å². The van der Waals surface area contributed by atoms with Gasteiger partial charge >= 0.3 is 0 Å². The van der Waals surface area contributed by atoms with Gasteiger partial charge in [-0.25, -0.2) is 0 Å². The van der Waals surface area contributed by atoms with Crippen molar-refractivity contribution in [1.82, 2.24) is 0 Å². The maximum Gasteiger partial charge on any atom is 0.0537 e. The summed E-state index contributed by atoms with van der Waals surface area (Å²) in [5.74, 6) is 0. The first-order chi connectivity index (χ1) is 5.95. The van der Waals surface area contributed by atoms with E-state index in [4.69, 9.17) is 0 Å². The van der Waals surface area contributed by atoms with Crippen molar-refractivity contribution in [1.29, 1.82) is 0 Å². The van der Waals surface area contributed by atoms with Crippen molar-refractivity contribution < 1.29 is 0 Å². The van der Waals surface area contributed by atoms with Crippen molar-refractivity contribution in [3.05, 3.63) is 21.9 Å². The van der Waals surface area contributed by atoms with Crippen LogP contribution >= 0.6 is 27.3 Å². The molecule has 1 atom stereocenters. The molecule has 0 saturated heterocycles. The molecule has 1 aromatic heterocycles. The lowest BCUT2D eigenvalue weighted by atomic mass is 9.91. The average molecular weight is 261 g/mol. The van der Waals surface area contributed by atoms with E-state index in [-0.39, 0.29) is 0 Å². The highest BCUT2D eigenvalue weighted by atomic mass is 79.9. The Labute approximate surface area is 93.5 Å². The fraction of sp³-hybridized carbons (Fsp3) is 0.636. The maximum atomic E-state index is 3.76. The Balaban J connectivity index is 2.83. The van der Waals surface area contributed by atoms with Crippen LogP contribution in [0.2, 0.25) is 0 Å². The van der Waals surface area contributed by atoms with Crippen molar-refractivity contribution in [2.45, 2.75) is 38.9 Å². The van der Waals surface area contributed by atoms with Crippen LogP contribution in [-0.2, 0) is 6.42 Å². The molecule has 0 aliphatic rings. The molecule has 0 aliphatic carbocycles. The normalized spacial score (nSPS) is 14.5. The van der Waals surface area contributed by atoms with Crippen LogP contribution in [0, 0.1) is 5.41 Å². The first-order valence-electron chi connectivity index (χ1n) is 4.68. The van der Waals surface area contributed by atoms with Gasteiger partial charge in [0.25, 0.3) is 0 Å². The Hall–Kier alpha value is 0.180. The summed E-state index contributed by atoms with van der Waals surface area (Å²) >= 11 is 5.68. The van der Waals surface area contributed by atoms with Gasteiger partial charge in [-0.2, -0.15) is 0 Å². The molecule has 0 N–H and O–H groups in total. The predicted octanol–water partition coefficient (Wildman–Crippen LogP) is 4.79. The molecule has 0 aromatic carbocycles. The van der Waals surface area contributed by atoms with Crippen molar-refractivity contribution in [3.63, 3.8) is 0 Å². The van der Waals surface area contributed by atoms with E-state index >= 15 is 0 Å². The Kier molecular flexibility index (Phi) is 3.58. The van der Waals surface area contributed by atoms with Crippen LogP contribution in [0.1, 0.15) is 42.3 Å². The maximum absolute atomic E-state index is 3.76. The van der Waals surface area contributed by atoms with Crippen molar-refractivity contribution in [3.8, 4) is 0 Å². The zero-order valence-corrected chi connectivity index (χ0v) is 11.1. The van der Waals surface area contributed by atoms with E-state index in [9.17, 15) is 0 Å². The molecule has 0 aliphatic heterocycles. The smallest absolute Gasteiger partial charge is 0.0537 e. The summed E-state index contributed by atoms with van der Waals surface area (Å²) in [5.41, 5.74) is 0.301. The van der Waals surface area contributed by atoms with Gasteiger partial charge in [0.15, 0.2) is 0 Å². The van der Waals surface area contributed by atoms with Gasteiger partial charge in [0, 0.05) is 9.75 Å². The van der Waals surface area contributed by atoms with E-state index < -0.39 is 0 Å². The highest BCUT2D eigenvalue weighted by Gasteiger charge is 2.24. The summed E-state index contributed by atoms with van der Waals surface area (Å²) in [4.78, 5) is 3.40. The molecule has 0 amide bonds. The number of hydrogen-bond donors (Lipinski definition) is 0. The zero-order valence-electron chi connectivity index (χ0n) is 8.73. The SMILES string of the molecule is CCc1ccc(C(Br)C(C)(C)C)s1. The van der Waals surface area contributed by atoms with Crippen molar-refractivity contribution in [2.75, 3.05) is 0 Å². The summed E-state index contributed by atoms with van der Waals surface area (Å²) in [5, 5.41) is 0. The third kappa shape index (κ3) is 2.81. The topological polar surface area (TPSA) is 0 Å². The molecule has 1 aromatic rings. The second-order valence-corrected chi connectivity index (χ2v) is 6.50. The predicted molar refractivity (Wildman–Crippen MR) is 64.8 cm³/mol. The summed E-state index contributed by atoms with van der Waals surface area (Å²) in [6, 6.07) is 4.48. The molecule has 0 fully saturated rings. The third-order valence-corrected chi connectivity index (χ3v) is 5.51. The molecule has 1 unspecified atom stereocenters. The van der Waals surface area contributed by atoms with Crippen molar-refractivity contribution >= 4 is 27.3 Å². The fourth-order valence-electron chi connectivity index (χ4n) is 1.15. The Morgan fingerprint density at radius 1 is 1.38 bits per heavy atom. The lowest BCUT2D eigenvalue weighted by Gasteiger charge is -2.24. The molecule has 0 bridgehead atoms. The van der Waals surface area contributed by atoms with E-state index in [2.05, 4.69) is 55.8 Å². The highest BCUT2D eigenvalue weighted by molar-refractivity contribution is 9.09. The summed E-state index contributed by atoms with van der Waals surface area (Å²) < 4.78 is 0. The fourth-order valence-corrected chi connectivity index (χ4v) is 2.76. The minimum absolute atomic E-state index is 0.301. The molecule has 74 valence electrons. The standard InChI is InChI=1S/C11H17BrS/c1-5-8-6-7-9(13-8)10(12)11(2,3)4/h6-7,10H,5H2,1-4H3. The molecule has 0 nitrogen and oxygen atoms in total. The Morgan fingerprint density at radius 2 is 2.00 bits per heavy atom. The first kappa shape index (κ1) is 11.3. The molecular formula is C11H17BrS. The molecule has 2 heteroatoms. The minimum atomic E-state index is 0.301. The largest absolute Gasteiger partial charge is 0.144 e. The van der Waals surface area contributed by atoms with Gasteiger partial charge < -0.3 is 0 Å². The first-order valence-corrected chi connectivity index (χ1v) is 6.41. The van der Waals surface area contributed by atoms with Crippen LogP contribution in [0.5, 0.6) is 0 Å². The number of halogens is 1. The molecule has 13 heavy (non-hydrogen) atoms. The zero-order chi connectivity index (χ0) is 10.1. The number of thiophene rings is 1. The lowest BCUT2D eigenvalue weighted by Crippen LogP contribution is -2.11. The second kappa shape index (κ2) is 4.14. The highest BCUT2D eigenvalue weighted by Crippen LogP contribution is 2.42. The van der Waals surface area contributed by atoms with Gasteiger partial charge in [-0.15, -0.1) is 11.3 Å². The molecule has 0 spiro atoms. The van der Waals surface area contributed by atoms with Crippen LogP contribution in [0.15, 0.2) is 12.1 Å². The third-order valence-electron chi connectivity index (χ3n) is 2.04. The summed E-state index contributed by atoms with van der Waals surface area (Å²) in [7, 11) is 0. The van der Waals surface area contributed by atoms with Crippen LogP contribution in [-0.4, -0.2) is 0 Å². The van der Waals surface area contributed by atoms with E-state index in [0.717, 1.165) is 6.42 Å². The quantitative estimate of drug-likeness (QED) is 0.671. The summed E-state index contributed by atoms with van der Waals surface area (Å²) in [6.07, 6.45) is 1.15. The van der Waals surface area contributed by atoms with Crippen molar-refractivity contribution in [2.24, 2.45) is 5.41 Å². The number of alkyl halides is 1. The monoisotopic (exact) mass is 260 g/mol. The van der Waals surface area contributed by atoms with Gasteiger partial charge in [-0.1, -0.05) is 43.6 Å². The Morgan fingerprint density at radius 3 is 2.38 bits per heavy atom. The Bertz CT molecular complexity index is 270. The van der Waals surface area contributed by atoms with Gasteiger partial charge in [0.1, 0.15) is 0 Å². The minimum Gasteiger partial charge on any atom is -0.144 e. The number of rotatable bonds is 2. The van der Waals surface area contributed by atoms with E-state index in [1.165, 1.54) is 9.75 Å². The van der Waals surface area contributed by atoms with Crippen LogP contribution in [0.3, 0.4) is 0 Å². The van der Waals surface area contributed by atoms with E-state index in [1.807, 2.05) is 11.3 Å².